The molecule has 1 aromatic rings. The van der Waals surface area contributed by atoms with Crippen molar-refractivity contribution in [2.45, 2.75) is 162 Å². The topological polar surface area (TPSA) is 61.8 Å². The molecule has 0 saturated heterocycles. The third-order valence-electron chi connectivity index (χ3n) is 9.08. The molecule has 1 aromatic carbocycles. The highest BCUT2D eigenvalue weighted by atomic mass is 16.5. The monoisotopic (exact) mass is 594 g/mol. The first-order valence-electron chi connectivity index (χ1n) is 17.3. The average molecular weight is 595 g/mol. The van der Waals surface area contributed by atoms with Gasteiger partial charge in [0, 0.05) is 30.2 Å². The molecule has 0 fully saturated rings. The maximum atomic E-state index is 12.9. The number of allylic oxidation sites excluding steroid dienone is 2. The van der Waals surface area contributed by atoms with Gasteiger partial charge < -0.3 is 14.2 Å². The van der Waals surface area contributed by atoms with Crippen molar-refractivity contribution in [3.8, 4) is 11.5 Å². The first kappa shape index (κ1) is 34.9. The van der Waals surface area contributed by atoms with E-state index >= 15 is 0 Å². The number of carbonyl (C=O) groups excluding carboxylic acids is 2. The minimum atomic E-state index is -0.338. The summed E-state index contributed by atoms with van der Waals surface area (Å²) in [7, 11) is 0. The minimum absolute atomic E-state index is 0.132. The van der Waals surface area contributed by atoms with E-state index in [1.165, 1.54) is 37.7 Å². The van der Waals surface area contributed by atoms with E-state index in [9.17, 15) is 9.59 Å². The van der Waals surface area contributed by atoms with Crippen LogP contribution in [0.25, 0.3) is 6.08 Å². The number of benzene rings is 1. The van der Waals surface area contributed by atoms with E-state index in [1.807, 2.05) is 18.2 Å². The first-order valence-corrected chi connectivity index (χ1v) is 17.3. The molecule has 1 aliphatic heterocycles. The molecule has 43 heavy (non-hydrogen) atoms. The zero-order valence-electron chi connectivity index (χ0n) is 28.0. The Bertz CT molecular complexity index is 1100. The Kier molecular flexibility index (Phi) is 14.3. The fourth-order valence-electron chi connectivity index (χ4n) is 6.51. The Morgan fingerprint density at radius 2 is 1.58 bits per heavy atom. The molecule has 0 N–H and O–H groups in total. The number of esters is 2. The van der Waals surface area contributed by atoms with Crippen molar-refractivity contribution in [2.75, 3.05) is 0 Å². The third kappa shape index (κ3) is 10.8. The lowest BCUT2D eigenvalue weighted by atomic mass is 9.67. The maximum absolute atomic E-state index is 12.9. The summed E-state index contributed by atoms with van der Waals surface area (Å²) in [5.74, 6) is 1.63. The van der Waals surface area contributed by atoms with Gasteiger partial charge in [-0.05, 0) is 83.1 Å². The van der Waals surface area contributed by atoms with Crippen LogP contribution in [0.15, 0.2) is 29.9 Å². The largest absolute Gasteiger partial charge is 0.487 e. The molecule has 0 amide bonds. The summed E-state index contributed by atoms with van der Waals surface area (Å²) in [5, 5.41) is 0. The van der Waals surface area contributed by atoms with E-state index < -0.39 is 0 Å². The number of unbranched alkanes of at least 4 members (excludes halogenated alkanes) is 8. The summed E-state index contributed by atoms with van der Waals surface area (Å²) < 4.78 is 18.7. The Morgan fingerprint density at radius 3 is 2.28 bits per heavy atom. The van der Waals surface area contributed by atoms with E-state index in [0.29, 0.717) is 24.5 Å². The van der Waals surface area contributed by atoms with E-state index in [4.69, 9.17) is 14.2 Å². The molecule has 5 heteroatoms. The second-order valence-corrected chi connectivity index (χ2v) is 13.3. The van der Waals surface area contributed by atoms with E-state index in [1.54, 1.807) is 0 Å². The Labute approximate surface area is 261 Å². The lowest BCUT2D eigenvalue weighted by molar-refractivity contribution is -0.147. The van der Waals surface area contributed by atoms with Crippen LogP contribution in [0, 0.1) is 5.92 Å². The van der Waals surface area contributed by atoms with Gasteiger partial charge in [0.05, 0.1) is 0 Å². The van der Waals surface area contributed by atoms with Crippen LogP contribution in [0.1, 0.15) is 161 Å². The zero-order valence-corrected chi connectivity index (χ0v) is 28.0. The van der Waals surface area contributed by atoms with Gasteiger partial charge >= 0.3 is 11.9 Å². The molecule has 3 unspecified atom stereocenters. The van der Waals surface area contributed by atoms with Crippen LogP contribution in [-0.4, -0.2) is 23.6 Å². The summed E-state index contributed by atoms with van der Waals surface area (Å²) in [5.41, 5.74) is 2.94. The highest BCUT2D eigenvalue weighted by Gasteiger charge is 2.46. The highest BCUT2D eigenvalue weighted by Crippen LogP contribution is 2.54. The molecular formula is C38H58O5. The minimum Gasteiger partial charge on any atom is -0.487 e. The Hall–Kier alpha value is -2.56. The molecule has 3 atom stereocenters. The zero-order chi connectivity index (χ0) is 31.2. The van der Waals surface area contributed by atoms with Crippen LogP contribution in [0.5, 0.6) is 11.5 Å². The normalized spacial score (nSPS) is 19.6. The van der Waals surface area contributed by atoms with Gasteiger partial charge in [-0.15, -0.1) is 0 Å². The second kappa shape index (κ2) is 17.7. The van der Waals surface area contributed by atoms with Gasteiger partial charge in [0.15, 0.2) is 0 Å². The molecule has 240 valence electrons. The standard InChI is InChI=1S/C38H58O5/c1-7-10-13-14-15-16-17-18-30(41-35(39)19-11-8-2)23-22-29-26-33(42-36(40)20-12-9-3)37-31-25-28(4)21-24-32(31)38(5,6)43-34(37)27-29/h21-23,26-27,30-32H,7-20,24-25H2,1-6H3. The molecular weight excluding hydrogens is 536 g/mol. The number of carbonyl (C=O) groups is 2. The molecule has 1 aliphatic carbocycles. The molecule has 1 heterocycles. The number of ether oxygens (including phenoxy) is 3. The Morgan fingerprint density at radius 1 is 0.930 bits per heavy atom. The predicted molar refractivity (Wildman–Crippen MR) is 177 cm³/mol. The number of rotatable bonds is 18. The van der Waals surface area contributed by atoms with Crippen molar-refractivity contribution in [1.29, 1.82) is 0 Å². The predicted octanol–water partition coefficient (Wildman–Crippen LogP) is 10.6. The maximum Gasteiger partial charge on any atom is 0.311 e. The van der Waals surface area contributed by atoms with Crippen LogP contribution in [-0.2, 0) is 14.3 Å². The van der Waals surface area contributed by atoms with Gasteiger partial charge in [-0.1, -0.05) is 89.9 Å². The smallest absolute Gasteiger partial charge is 0.311 e. The summed E-state index contributed by atoms with van der Waals surface area (Å²) in [6.07, 6.45) is 21.7. The number of hydrogen-bond acceptors (Lipinski definition) is 5. The van der Waals surface area contributed by atoms with Crippen molar-refractivity contribution in [3.63, 3.8) is 0 Å². The molecule has 0 aromatic heterocycles. The van der Waals surface area contributed by atoms with Crippen molar-refractivity contribution < 1.29 is 23.8 Å². The molecule has 0 bridgehead atoms. The van der Waals surface area contributed by atoms with Crippen molar-refractivity contribution in [2.24, 2.45) is 5.92 Å². The average Bonchev–Trinajstić information content (AvgIpc) is 2.96. The lowest BCUT2D eigenvalue weighted by Gasteiger charge is -2.47. The summed E-state index contributed by atoms with van der Waals surface area (Å²) in [6, 6.07) is 4.06. The molecule has 2 aliphatic rings. The molecule has 0 saturated carbocycles. The van der Waals surface area contributed by atoms with Crippen molar-refractivity contribution in [1.82, 2.24) is 0 Å². The summed E-state index contributed by atoms with van der Waals surface area (Å²) in [6.45, 7) is 12.9. The van der Waals surface area contributed by atoms with Gasteiger partial charge in [0.25, 0.3) is 0 Å². The van der Waals surface area contributed by atoms with Crippen LogP contribution in [0.3, 0.4) is 0 Å². The third-order valence-corrected chi connectivity index (χ3v) is 9.08. The van der Waals surface area contributed by atoms with Crippen LogP contribution in [0.2, 0.25) is 0 Å². The highest BCUT2D eigenvalue weighted by molar-refractivity contribution is 5.74. The quantitative estimate of drug-likeness (QED) is 0.0732. The van der Waals surface area contributed by atoms with Crippen molar-refractivity contribution in [3.05, 3.63) is 41.0 Å². The first-order chi connectivity index (χ1) is 20.7. The van der Waals surface area contributed by atoms with Gasteiger partial charge in [-0.2, -0.15) is 0 Å². The molecule has 3 rings (SSSR count). The lowest BCUT2D eigenvalue weighted by Crippen LogP contribution is -2.45. The van der Waals surface area contributed by atoms with Gasteiger partial charge in [-0.25, -0.2) is 0 Å². The van der Waals surface area contributed by atoms with Gasteiger partial charge in [0.2, 0.25) is 0 Å². The van der Waals surface area contributed by atoms with Crippen LogP contribution < -0.4 is 9.47 Å². The van der Waals surface area contributed by atoms with E-state index in [2.05, 4.69) is 53.7 Å². The SMILES string of the molecule is CCCCCCCCCC(C=Cc1cc(OC(=O)CCCC)c2c(c1)OC(C)(C)C1CC=C(C)CC21)OC(=O)CCCC. The fraction of sp³-hybridized carbons (Fsp3) is 0.684. The summed E-state index contributed by atoms with van der Waals surface area (Å²) >= 11 is 0. The Balaban J connectivity index is 1.87. The number of fused-ring (bicyclic) bond motifs is 3. The van der Waals surface area contributed by atoms with Gasteiger partial charge in [0.1, 0.15) is 23.2 Å². The van der Waals surface area contributed by atoms with Crippen LogP contribution in [0.4, 0.5) is 0 Å². The molecule has 0 radical (unpaired) electrons. The summed E-state index contributed by atoms with van der Waals surface area (Å²) in [4.78, 5) is 25.5. The van der Waals surface area contributed by atoms with Crippen molar-refractivity contribution >= 4 is 18.0 Å². The molecule has 5 nitrogen and oxygen atoms in total. The van der Waals surface area contributed by atoms with Crippen LogP contribution >= 0.6 is 0 Å². The van der Waals surface area contributed by atoms with Gasteiger partial charge in [-0.3, -0.25) is 9.59 Å². The fourth-order valence-corrected chi connectivity index (χ4v) is 6.51. The molecule has 0 spiro atoms. The van der Waals surface area contributed by atoms with E-state index in [0.717, 1.165) is 74.7 Å². The number of hydrogen-bond donors (Lipinski definition) is 0. The van der Waals surface area contributed by atoms with E-state index in [-0.39, 0.29) is 29.6 Å². The second-order valence-electron chi connectivity index (χ2n) is 13.3.